The van der Waals surface area contributed by atoms with Gasteiger partial charge in [-0.05, 0) is 29.7 Å². The number of sulfonamides is 1. The highest BCUT2D eigenvalue weighted by atomic mass is 32.2. The largest absolute Gasteiger partial charge is 0.508 e. The smallest absolute Gasteiger partial charge is 0.265 e. The topological polar surface area (TPSA) is 119 Å². The number of nitrogens with one attached hydrogen (secondary N) is 1. The van der Waals surface area contributed by atoms with Gasteiger partial charge in [-0.3, -0.25) is 9.10 Å². The molecule has 0 saturated carbocycles. The fraction of sp³-hybridized carbons (Fsp3) is 0.0526. The molecule has 9 heteroatoms. The number of benzene rings is 3. The van der Waals surface area contributed by atoms with Crippen LogP contribution in [-0.4, -0.2) is 37.3 Å². The molecule has 1 aliphatic heterocycles. The Balaban J connectivity index is 1.54. The molecule has 0 atom stereocenters. The zero-order chi connectivity index (χ0) is 19.9. The first kappa shape index (κ1) is 17.8. The molecular formula is C19H15N3O5S. The Hall–Kier alpha value is -3.59. The van der Waals surface area contributed by atoms with Crippen molar-refractivity contribution in [1.82, 2.24) is 5.43 Å². The third-order valence-electron chi connectivity index (χ3n) is 4.38. The van der Waals surface area contributed by atoms with Crippen molar-refractivity contribution in [3.63, 3.8) is 0 Å². The molecule has 0 spiro atoms. The number of hydrazone groups is 1. The highest BCUT2D eigenvalue weighted by molar-refractivity contribution is 7.93. The number of carbonyl (C=O) groups excluding carboxylic acids is 1. The van der Waals surface area contributed by atoms with E-state index in [1.54, 1.807) is 18.2 Å². The van der Waals surface area contributed by atoms with Crippen molar-refractivity contribution in [3.8, 4) is 11.5 Å². The second kappa shape index (κ2) is 6.54. The Bertz CT molecular complexity index is 1230. The van der Waals surface area contributed by atoms with Gasteiger partial charge in [-0.15, -0.1) is 0 Å². The van der Waals surface area contributed by atoms with Crippen molar-refractivity contribution in [1.29, 1.82) is 0 Å². The summed E-state index contributed by atoms with van der Waals surface area (Å²) in [6, 6.07) is 14.1. The van der Waals surface area contributed by atoms with Crippen LogP contribution in [-0.2, 0) is 14.8 Å². The molecule has 8 nitrogen and oxygen atoms in total. The maximum absolute atomic E-state index is 12.8. The molecule has 142 valence electrons. The van der Waals surface area contributed by atoms with E-state index in [-0.39, 0.29) is 22.0 Å². The van der Waals surface area contributed by atoms with Crippen LogP contribution >= 0.6 is 0 Å². The summed E-state index contributed by atoms with van der Waals surface area (Å²) in [7, 11) is -3.83. The number of aromatic hydroxyl groups is 2. The van der Waals surface area contributed by atoms with Crippen LogP contribution in [0.2, 0.25) is 0 Å². The van der Waals surface area contributed by atoms with E-state index in [1.165, 1.54) is 24.4 Å². The second-order valence-electron chi connectivity index (χ2n) is 6.18. The molecule has 4 rings (SSSR count). The first-order valence-electron chi connectivity index (χ1n) is 8.26. The molecule has 0 aromatic heterocycles. The van der Waals surface area contributed by atoms with Gasteiger partial charge in [0.1, 0.15) is 18.0 Å². The molecule has 0 radical (unpaired) electrons. The standard InChI is InChI=1S/C19H15N3O5S/c23-14-8-7-13(16(24)9-14)10-20-21-18(25)11-22-15-5-1-3-12-4-2-6-17(19(12)15)28(22,26)27/h1-10,23-24H,11H2,(H,21,25)/b20-10+. The summed E-state index contributed by atoms with van der Waals surface area (Å²) in [4.78, 5) is 12.4. The van der Waals surface area contributed by atoms with Crippen LogP contribution in [0.4, 0.5) is 5.69 Å². The normalized spacial score (nSPS) is 14.6. The van der Waals surface area contributed by atoms with Crippen molar-refractivity contribution in [2.75, 3.05) is 10.8 Å². The minimum atomic E-state index is -3.83. The third-order valence-corrected chi connectivity index (χ3v) is 6.18. The lowest BCUT2D eigenvalue weighted by atomic mass is 10.1. The Labute approximate surface area is 160 Å². The molecule has 28 heavy (non-hydrogen) atoms. The van der Waals surface area contributed by atoms with E-state index in [2.05, 4.69) is 10.5 Å². The van der Waals surface area contributed by atoms with E-state index in [9.17, 15) is 23.4 Å². The predicted octanol–water partition coefficient (Wildman–Crippen LogP) is 1.91. The SMILES string of the molecule is O=C(CN1c2cccc3cccc(c23)S1(=O)=O)N/N=C/c1ccc(O)cc1O. The monoisotopic (exact) mass is 397 g/mol. The average molecular weight is 397 g/mol. The summed E-state index contributed by atoms with van der Waals surface area (Å²) in [6.07, 6.45) is 1.20. The lowest BCUT2D eigenvalue weighted by Crippen LogP contribution is -2.37. The maximum Gasteiger partial charge on any atom is 0.265 e. The third kappa shape index (κ3) is 2.91. The van der Waals surface area contributed by atoms with Gasteiger partial charge in [0.15, 0.2) is 0 Å². The van der Waals surface area contributed by atoms with Gasteiger partial charge in [-0.1, -0.05) is 24.3 Å². The molecule has 0 aliphatic carbocycles. The van der Waals surface area contributed by atoms with E-state index >= 15 is 0 Å². The number of phenolic OH excluding ortho intramolecular Hbond substituents is 2. The van der Waals surface area contributed by atoms with E-state index in [0.717, 1.165) is 15.8 Å². The fourth-order valence-corrected chi connectivity index (χ4v) is 4.78. The van der Waals surface area contributed by atoms with Crippen LogP contribution in [0.15, 0.2) is 64.6 Å². The second-order valence-corrected chi connectivity index (χ2v) is 8.01. The average Bonchev–Trinajstić information content (AvgIpc) is 2.87. The van der Waals surface area contributed by atoms with Crippen LogP contribution < -0.4 is 9.73 Å². The quantitative estimate of drug-likeness (QED) is 0.459. The number of phenols is 2. The Morgan fingerprint density at radius 2 is 1.86 bits per heavy atom. The van der Waals surface area contributed by atoms with Crippen molar-refractivity contribution < 1.29 is 23.4 Å². The van der Waals surface area contributed by atoms with Crippen molar-refractivity contribution in [2.45, 2.75) is 4.90 Å². The molecule has 0 fully saturated rings. The Morgan fingerprint density at radius 3 is 2.61 bits per heavy atom. The molecule has 0 bridgehead atoms. The number of amides is 1. The molecule has 0 unspecified atom stereocenters. The van der Waals surface area contributed by atoms with Gasteiger partial charge in [0.2, 0.25) is 0 Å². The van der Waals surface area contributed by atoms with Gasteiger partial charge in [-0.25, -0.2) is 13.8 Å². The zero-order valence-electron chi connectivity index (χ0n) is 14.4. The lowest BCUT2D eigenvalue weighted by molar-refractivity contribution is -0.119. The van der Waals surface area contributed by atoms with E-state index < -0.39 is 22.5 Å². The summed E-state index contributed by atoms with van der Waals surface area (Å²) in [6.45, 7) is -0.435. The van der Waals surface area contributed by atoms with Crippen LogP contribution in [0.3, 0.4) is 0 Å². The summed E-state index contributed by atoms with van der Waals surface area (Å²) >= 11 is 0. The van der Waals surface area contributed by atoms with Crippen molar-refractivity contribution >= 4 is 38.6 Å². The molecule has 3 aromatic rings. The van der Waals surface area contributed by atoms with Gasteiger partial charge >= 0.3 is 0 Å². The minimum absolute atomic E-state index is 0.105. The molecular weight excluding hydrogens is 382 g/mol. The van der Waals surface area contributed by atoms with E-state index in [0.29, 0.717) is 11.1 Å². The number of hydrogen-bond acceptors (Lipinski definition) is 6. The van der Waals surface area contributed by atoms with Crippen molar-refractivity contribution in [2.24, 2.45) is 5.10 Å². The summed E-state index contributed by atoms with van der Waals surface area (Å²) in [5.74, 6) is -0.947. The predicted molar refractivity (Wildman–Crippen MR) is 104 cm³/mol. The van der Waals surface area contributed by atoms with Gasteiger partial charge in [0, 0.05) is 17.0 Å². The Morgan fingerprint density at radius 1 is 1.11 bits per heavy atom. The number of carbonyl (C=O) groups is 1. The first-order chi connectivity index (χ1) is 13.4. The van der Waals surface area contributed by atoms with Crippen LogP contribution in [0.1, 0.15) is 5.56 Å². The molecule has 0 saturated heterocycles. The molecule has 1 amide bonds. The number of hydrogen-bond donors (Lipinski definition) is 3. The zero-order valence-corrected chi connectivity index (χ0v) is 15.2. The molecule has 1 heterocycles. The molecule has 3 aromatic carbocycles. The fourth-order valence-electron chi connectivity index (χ4n) is 3.11. The lowest BCUT2D eigenvalue weighted by Gasteiger charge is -2.17. The first-order valence-corrected chi connectivity index (χ1v) is 9.70. The maximum atomic E-state index is 12.8. The highest BCUT2D eigenvalue weighted by Crippen LogP contribution is 2.41. The molecule has 3 N–H and O–H groups in total. The van der Waals surface area contributed by atoms with E-state index in [4.69, 9.17) is 0 Å². The van der Waals surface area contributed by atoms with E-state index in [1.807, 2.05) is 12.1 Å². The van der Waals surface area contributed by atoms with Gasteiger partial charge in [0.25, 0.3) is 15.9 Å². The van der Waals surface area contributed by atoms with Gasteiger partial charge < -0.3 is 10.2 Å². The summed E-state index contributed by atoms with van der Waals surface area (Å²) in [5, 5.41) is 24.1. The highest BCUT2D eigenvalue weighted by Gasteiger charge is 2.36. The van der Waals surface area contributed by atoms with Gasteiger partial charge in [-0.2, -0.15) is 5.10 Å². The van der Waals surface area contributed by atoms with Crippen LogP contribution in [0.25, 0.3) is 10.8 Å². The number of anilines is 1. The Kier molecular flexibility index (Phi) is 4.16. The van der Waals surface area contributed by atoms with Crippen LogP contribution in [0, 0.1) is 0 Å². The summed E-state index contributed by atoms with van der Waals surface area (Å²) in [5.41, 5.74) is 2.98. The summed E-state index contributed by atoms with van der Waals surface area (Å²) < 4.78 is 26.7. The minimum Gasteiger partial charge on any atom is -0.508 e. The van der Waals surface area contributed by atoms with Gasteiger partial charge in [0.05, 0.1) is 16.8 Å². The molecule has 1 aliphatic rings. The van der Waals surface area contributed by atoms with Crippen molar-refractivity contribution in [3.05, 3.63) is 60.2 Å². The number of rotatable bonds is 4. The number of nitrogens with zero attached hydrogens (tertiary/aromatic N) is 2. The van der Waals surface area contributed by atoms with Crippen LogP contribution in [0.5, 0.6) is 11.5 Å².